The molecule has 2 atom stereocenters. The highest BCUT2D eigenvalue weighted by Crippen LogP contribution is 2.54. The van der Waals surface area contributed by atoms with Gasteiger partial charge in [0.15, 0.2) is 0 Å². The number of likely N-dealkylation sites (tertiary alicyclic amines) is 2. The molecule has 6 rings (SSSR count). The summed E-state index contributed by atoms with van der Waals surface area (Å²) in [5.41, 5.74) is 2.65. The van der Waals surface area contributed by atoms with Gasteiger partial charge in [0, 0.05) is 43.7 Å². The molecule has 3 amide bonds. The summed E-state index contributed by atoms with van der Waals surface area (Å²) in [5, 5.41) is 15.6. The predicted octanol–water partition coefficient (Wildman–Crippen LogP) is 2.29. The molecule has 4 heterocycles. The molecule has 1 aromatic carbocycles. The van der Waals surface area contributed by atoms with Crippen LogP contribution < -0.4 is 5.32 Å². The van der Waals surface area contributed by atoms with E-state index in [0.29, 0.717) is 44.0 Å². The maximum absolute atomic E-state index is 13.6. The van der Waals surface area contributed by atoms with E-state index in [1.165, 1.54) is 0 Å². The van der Waals surface area contributed by atoms with E-state index < -0.39 is 11.3 Å². The first kappa shape index (κ1) is 26.2. The Bertz CT molecular complexity index is 1430. The van der Waals surface area contributed by atoms with Crippen molar-refractivity contribution >= 4 is 17.7 Å². The second-order valence-corrected chi connectivity index (χ2v) is 12.3. The molecule has 10 nitrogen and oxygen atoms in total. The molecule has 0 unspecified atom stereocenters. The Kier molecular flexibility index (Phi) is 6.43. The number of carbonyl (C=O) groups excluding carboxylic acids is 3. The summed E-state index contributed by atoms with van der Waals surface area (Å²) < 4.78 is 1.75. The molecular weight excluding hydrogens is 506 g/mol. The Balaban J connectivity index is 1.16. The molecule has 0 bridgehead atoms. The van der Waals surface area contributed by atoms with Gasteiger partial charge in [-0.15, -0.1) is 0 Å². The first-order valence-electron chi connectivity index (χ1n) is 13.8. The Morgan fingerprint density at radius 2 is 1.70 bits per heavy atom. The van der Waals surface area contributed by atoms with Gasteiger partial charge in [0.05, 0.1) is 42.2 Å². The Labute approximate surface area is 233 Å². The van der Waals surface area contributed by atoms with Gasteiger partial charge in [-0.3, -0.25) is 19.1 Å². The number of benzene rings is 1. The first-order valence-corrected chi connectivity index (χ1v) is 13.8. The highest BCUT2D eigenvalue weighted by atomic mass is 16.2. The average molecular weight is 542 g/mol. The molecule has 2 aromatic heterocycles. The highest BCUT2D eigenvalue weighted by Gasteiger charge is 2.61. The Hall–Kier alpha value is -4.08. The molecule has 1 saturated carbocycles. The van der Waals surface area contributed by atoms with Crippen molar-refractivity contribution in [2.24, 2.45) is 22.7 Å². The lowest BCUT2D eigenvalue weighted by atomic mass is 9.71. The number of nitrogens with one attached hydrogen (secondary N) is 1. The zero-order chi connectivity index (χ0) is 28.1. The summed E-state index contributed by atoms with van der Waals surface area (Å²) in [4.78, 5) is 43.8. The number of nitrogens with zero attached hydrogens (tertiary/aromatic N) is 6. The van der Waals surface area contributed by atoms with E-state index in [0.717, 1.165) is 17.7 Å². The fourth-order valence-corrected chi connectivity index (χ4v) is 6.12. The topological polar surface area (TPSA) is 113 Å². The van der Waals surface area contributed by atoms with Crippen LogP contribution in [0.3, 0.4) is 0 Å². The van der Waals surface area contributed by atoms with E-state index in [-0.39, 0.29) is 35.6 Å². The molecule has 3 aromatic rings. The summed E-state index contributed by atoms with van der Waals surface area (Å²) in [6.45, 7) is 8.61. The van der Waals surface area contributed by atoms with Crippen molar-refractivity contribution in [3.8, 4) is 0 Å². The van der Waals surface area contributed by atoms with Crippen molar-refractivity contribution in [3.63, 3.8) is 0 Å². The van der Waals surface area contributed by atoms with Crippen molar-refractivity contribution < 1.29 is 14.4 Å². The monoisotopic (exact) mass is 541 g/mol. The van der Waals surface area contributed by atoms with Crippen molar-refractivity contribution in [1.29, 1.82) is 0 Å². The summed E-state index contributed by atoms with van der Waals surface area (Å²) in [5.74, 6) is -0.489. The van der Waals surface area contributed by atoms with Crippen LogP contribution in [0, 0.1) is 29.6 Å². The van der Waals surface area contributed by atoms with Gasteiger partial charge in [0.2, 0.25) is 11.8 Å². The second-order valence-electron chi connectivity index (χ2n) is 12.3. The number of aryl methyl sites for hydroxylation is 1. The minimum absolute atomic E-state index is 0.0449. The van der Waals surface area contributed by atoms with E-state index in [9.17, 15) is 14.4 Å². The van der Waals surface area contributed by atoms with Gasteiger partial charge in [-0.2, -0.15) is 15.3 Å². The third kappa shape index (κ3) is 4.98. The van der Waals surface area contributed by atoms with Gasteiger partial charge in [-0.25, -0.2) is 0 Å². The lowest BCUT2D eigenvalue weighted by Crippen LogP contribution is -2.64. The number of aromatic nitrogens is 4. The van der Waals surface area contributed by atoms with Crippen LogP contribution in [0.4, 0.5) is 0 Å². The van der Waals surface area contributed by atoms with E-state index in [4.69, 9.17) is 0 Å². The van der Waals surface area contributed by atoms with Gasteiger partial charge < -0.3 is 15.1 Å². The number of hydrogen-bond donors (Lipinski definition) is 1. The standard InChI is InChI=1S/C30H35N7O3/c1-20-9-10-23(34-33-20)13-31-26(38)25-16-35(17-30(25)18-36(19-30)28(40)24-11-29(24,2)3)27(39)22-12-32-37(15-22)14-21-7-5-4-6-8-21/h4-10,12,15,24-25H,11,13-14,16-19H2,1-3H3,(H,31,38)/t24-,25-/m1/s1. The molecule has 3 fully saturated rings. The average Bonchev–Trinajstić information content (AvgIpc) is 3.25. The van der Waals surface area contributed by atoms with Crippen molar-refractivity contribution in [2.75, 3.05) is 26.2 Å². The number of carbonyl (C=O) groups is 3. The highest BCUT2D eigenvalue weighted by molar-refractivity contribution is 5.95. The number of amides is 3. The van der Waals surface area contributed by atoms with E-state index >= 15 is 0 Å². The van der Waals surface area contributed by atoms with E-state index in [2.05, 4.69) is 34.5 Å². The molecule has 3 aliphatic rings. The lowest BCUT2D eigenvalue weighted by molar-refractivity contribution is -0.151. The predicted molar refractivity (Wildman–Crippen MR) is 147 cm³/mol. The molecule has 40 heavy (non-hydrogen) atoms. The van der Waals surface area contributed by atoms with E-state index in [1.807, 2.05) is 54.3 Å². The molecule has 1 spiro atoms. The zero-order valence-corrected chi connectivity index (χ0v) is 23.2. The van der Waals surface area contributed by atoms with Crippen molar-refractivity contribution in [1.82, 2.24) is 35.1 Å². The van der Waals surface area contributed by atoms with Gasteiger partial charge in [0.1, 0.15) is 0 Å². The van der Waals surface area contributed by atoms with Gasteiger partial charge in [-0.05, 0) is 36.5 Å². The van der Waals surface area contributed by atoms with Gasteiger partial charge in [0.25, 0.3) is 5.91 Å². The quantitative estimate of drug-likeness (QED) is 0.491. The van der Waals surface area contributed by atoms with Crippen molar-refractivity contribution in [3.05, 3.63) is 77.4 Å². The maximum Gasteiger partial charge on any atom is 0.257 e. The largest absolute Gasteiger partial charge is 0.350 e. The van der Waals surface area contributed by atoms with Crippen LogP contribution in [0.1, 0.15) is 47.6 Å². The first-order chi connectivity index (χ1) is 19.1. The van der Waals surface area contributed by atoms with Crippen LogP contribution in [0.5, 0.6) is 0 Å². The SMILES string of the molecule is Cc1ccc(CNC(=O)[C@H]2CN(C(=O)c3cnn(Cc4ccccc4)c3)CC23CN(C(=O)[C@H]2CC2(C)C)C3)nn1. The van der Waals surface area contributed by atoms with Crippen molar-refractivity contribution in [2.45, 2.75) is 40.3 Å². The van der Waals surface area contributed by atoms with Gasteiger partial charge >= 0.3 is 0 Å². The Morgan fingerprint density at radius 1 is 0.975 bits per heavy atom. The lowest BCUT2D eigenvalue weighted by Gasteiger charge is -2.50. The van der Waals surface area contributed by atoms with Crippen LogP contribution >= 0.6 is 0 Å². The fourth-order valence-electron chi connectivity index (χ4n) is 6.12. The summed E-state index contributed by atoms with van der Waals surface area (Å²) in [7, 11) is 0. The second kappa shape index (κ2) is 9.83. The third-order valence-corrected chi connectivity index (χ3v) is 8.75. The maximum atomic E-state index is 13.6. The van der Waals surface area contributed by atoms with E-state index in [1.54, 1.807) is 22.0 Å². The van der Waals surface area contributed by atoms with Gasteiger partial charge in [-0.1, -0.05) is 44.2 Å². The van der Waals surface area contributed by atoms with Crippen LogP contribution in [0.15, 0.2) is 54.9 Å². The zero-order valence-electron chi connectivity index (χ0n) is 23.2. The minimum atomic E-state index is -0.465. The fraction of sp³-hybridized carbons (Fsp3) is 0.467. The van der Waals surface area contributed by atoms with Crippen LogP contribution in [0.2, 0.25) is 0 Å². The molecule has 2 aliphatic heterocycles. The van der Waals surface area contributed by atoms with Crippen LogP contribution in [-0.4, -0.2) is 73.7 Å². The van der Waals surface area contributed by atoms with Crippen LogP contribution in [-0.2, 0) is 22.7 Å². The third-order valence-electron chi connectivity index (χ3n) is 8.75. The van der Waals surface area contributed by atoms with Crippen LogP contribution in [0.25, 0.3) is 0 Å². The number of rotatable bonds is 7. The smallest absolute Gasteiger partial charge is 0.257 e. The molecule has 1 N–H and O–H groups in total. The molecule has 1 aliphatic carbocycles. The molecular formula is C30H35N7O3. The summed E-state index contributed by atoms with van der Waals surface area (Å²) in [6, 6.07) is 13.7. The minimum Gasteiger partial charge on any atom is -0.350 e. The number of hydrogen-bond acceptors (Lipinski definition) is 6. The summed E-state index contributed by atoms with van der Waals surface area (Å²) >= 11 is 0. The normalized spacial score (nSPS) is 22.2. The molecule has 208 valence electrons. The molecule has 10 heteroatoms. The Morgan fingerprint density at radius 3 is 2.38 bits per heavy atom. The molecule has 0 radical (unpaired) electrons. The summed E-state index contributed by atoms with van der Waals surface area (Å²) in [6.07, 6.45) is 4.25. The molecule has 2 saturated heterocycles.